The number of rotatable bonds is 3. The van der Waals surface area contributed by atoms with Crippen molar-refractivity contribution in [3.8, 4) is 6.07 Å². The van der Waals surface area contributed by atoms with Gasteiger partial charge < -0.3 is 5.32 Å². The lowest BCUT2D eigenvalue weighted by Gasteiger charge is -2.04. The number of nitriles is 1. The topological polar surface area (TPSA) is 61.6 Å². The predicted octanol–water partition coefficient (Wildman–Crippen LogP) is 2.98. The Hall–Kier alpha value is -1.64. The first-order valence-electron chi connectivity index (χ1n) is 4.91. The van der Waals surface area contributed by atoms with Crippen molar-refractivity contribution in [2.75, 3.05) is 5.32 Å². The van der Waals surface area contributed by atoms with Gasteiger partial charge in [-0.15, -0.1) is 0 Å². The van der Waals surface area contributed by atoms with E-state index in [1.54, 1.807) is 6.20 Å². The quantitative estimate of drug-likeness (QED) is 0.926. The molecule has 0 spiro atoms. The molecule has 1 N–H and O–H groups in total. The average molecular weight is 265 g/mol. The summed E-state index contributed by atoms with van der Waals surface area (Å²) in [6, 6.07) is 5.89. The van der Waals surface area contributed by atoms with Gasteiger partial charge in [-0.2, -0.15) is 5.26 Å². The van der Waals surface area contributed by atoms with E-state index in [9.17, 15) is 0 Å². The van der Waals surface area contributed by atoms with Crippen LogP contribution in [0, 0.1) is 18.3 Å². The number of thiazole rings is 1. The van der Waals surface area contributed by atoms with E-state index in [4.69, 9.17) is 16.9 Å². The molecule has 0 bridgehead atoms. The minimum atomic E-state index is 0.248. The van der Waals surface area contributed by atoms with Gasteiger partial charge in [0, 0.05) is 6.20 Å². The molecular formula is C11H9ClN4S. The summed E-state index contributed by atoms with van der Waals surface area (Å²) in [5.74, 6) is 0. The first kappa shape index (κ1) is 11.8. The van der Waals surface area contributed by atoms with Crippen molar-refractivity contribution in [1.82, 2.24) is 9.97 Å². The highest BCUT2D eigenvalue weighted by Gasteiger charge is 2.08. The summed E-state index contributed by atoms with van der Waals surface area (Å²) in [5.41, 5.74) is 2.07. The fourth-order valence-corrected chi connectivity index (χ4v) is 2.25. The zero-order valence-corrected chi connectivity index (χ0v) is 10.6. The van der Waals surface area contributed by atoms with Gasteiger partial charge in [-0.3, -0.25) is 4.98 Å². The predicted molar refractivity (Wildman–Crippen MR) is 68.1 cm³/mol. The molecule has 0 amide bonds. The van der Waals surface area contributed by atoms with Gasteiger partial charge in [0.15, 0.2) is 10.3 Å². The number of anilines is 1. The number of hydrogen-bond donors (Lipinski definition) is 1. The van der Waals surface area contributed by atoms with E-state index in [0.29, 0.717) is 16.6 Å². The van der Waals surface area contributed by atoms with Crippen LogP contribution in [-0.4, -0.2) is 9.97 Å². The highest BCUT2D eigenvalue weighted by Crippen LogP contribution is 2.26. The molecule has 17 heavy (non-hydrogen) atoms. The van der Waals surface area contributed by atoms with Crippen molar-refractivity contribution in [3.05, 3.63) is 39.6 Å². The Kier molecular flexibility index (Phi) is 3.57. The Balaban J connectivity index is 2.08. The summed E-state index contributed by atoms with van der Waals surface area (Å²) in [7, 11) is 0. The van der Waals surface area contributed by atoms with Crippen molar-refractivity contribution in [2.45, 2.75) is 13.5 Å². The Bertz CT molecular complexity index is 573. The molecule has 4 nitrogen and oxygen atoms in total. The third kappa shape index (κ3) is 2.73. The van der Waals surface area contributed by atoms with E-state index >= 15 is 0 Å². The van der Waals surface area contributed by atoms with E-state index < -0.39 is 0 Å². The van der Waals surface area contributed by atoms with E-state index in [0.717, 1.165) is 11.3 Å². The van der Waals surface area contributed by atoms with E-state index in [1.807, 2.05) is 25.1 Å². The van der Waals surface area contributed by atoms with Crippen LogP contribution < -0.4 is 5.32 Å². The molecule has 0 aliphatic rings. The zero-order chi connectivity index (χ0) is 12.3. The van der Waals surface area contributed by atoms with Crippen LogP contribution in [0.2, 0.25) is 5.15 Å². The van der Waals surface area contributed by atoms with Gasteiger partial charge in [-0.25, -0.2) is 4.98 Å². The Morgan fingerprint density at radius 1 is 1.59 bits per heavy atom. The normalized spacial score (nSPS) is 9.94. The summed E-state index contributed by atoms with van der Waals surface area (Å²) in [5, 5.41) is 12.7. The van der Waals surface area contributed by atoms with Crippen LogP contribution in [0.4, 0.5) is 5.13 Å². The number of pyridine rings is 1. The highest BCUT2D eigenvalue weighted by atomic mass is 35.5. The van der Waals surface area contributed by atoms with Gasteiger partial charge in [0.1, 0.15) is 10.9 Å². The minimum absolute atomic E-state index is 0.248. The minimum Gasteiger partial charge on any atom is -0.356 e. The van der Waals surface area contributed by atoms with Crippen LogP contribution in [0.25, 0.3) is 0 Å². The van der Waals surface area contributed by atoms with E-state index in [2.05, 4.69) is 15.3 Å². The van der Waals surface area contributed by atoms with Gasteiger partial charge in [0.05, 0.1) is 12.2 Å². The van der Waals surface area contributed by atoms with Crippen molar-refractivity contribution in [1.29, 1.82) is 5.26 Å². The van der Waals surface area contributed by atoms with Gasteiger partial charge >= 0.3 is 0 Å². The fraction of sp³-hybridized carbons (Fsp3) is 0.182. The molecular weight excluding hydrogens is 256 g/mol. The first-order valence-corrected chi connectivity index (χ1v) is 6.11. The van der Waals surface area contributed by atoms with Crippen LogP contribution >= 0.6 is 22.9 Å². The van der Waals surface area contributed by atoms with Crippen molar-refractivity contribution in [2.24, 2.45) is 0 Å². The van der Waals surface area contributed by atoms with Crippen LogP contribution in [0.1, 0.15) is 16.1 Å². The molecule has 0 unspecified atom stereocenters. The molecule has 2 heterocycles. The van der Waals surface area contributed by atoms with Crippen LogP contribution in [0.5, 0.6) is 0 Å². The summed E-state index contributed by atoms with van der Waals surface area (Å²) >= 11 is 7.02. The molecule has 0 saturated carbocycles. The van der Waals surface area contributed by atoms with Crippen molar-refractivity contribution in [3.63, 3.8) is 0 Å². The Labute approximate surface area is 108 Å². The van der Waals surface area contributed by atoms with Gasteiger partial charge in [0.25, 0.3) is 0 Å². The monoisotopic (exact) mass is 264 g/mol. The number of hydrogen-bond acceptors (Lipinski definition) is 5. The molecule has 0 aliphatic carbocycles. The number of nitrogens with zero attached hydrogens (tertiary/aromatic N) is 3. The third-order valence-electron chi connectivity index (χ3n) is 2.21. The standard InChI is InChI=1S/C11H9ClN4S/c1-7-3-2-4-14-8(7)6-15-11-16-10(12)9(5-13)17-11/h2-4H,6H2,1H3,(H,15,16). The maximum atomic E-state index is 8.76. The van der Waals surface area contributed by atoms with Crippen molar-refractivity contribution >= 4 is 28.1 Å². The maximum Gasteiger partial charge on any atom is 0.185 e. The summed E-state index contributed by atoms with van der Waals surface area (Å²) in [6.45, 7) is 2.57. The third-order valence-corrected chi connectivity index (χ3v) is 3.52. The Morgan fingerprint density at radius 2 is 2.41 bits per heavy atom. The summed E-state index contributed by atoms with van der Waals surface area (Å²) in [4.78, 5) is 8.73. The number of aryl methyl sites for hydroxylation is 1. The van der Waals surface area contributed by atoms with E-state index in [-0.39, 0.29) is 5.15 Å². The number of halogens is 1. The number of nitrogens with one attached hydrogen (secondary N) is 1. The zero-order valence-electron chi connectivity index (χ0n) is 9.07. The molecule has 0 aromatic carbocycles. The second kappa shape index (κ2) is 5.13. The summed E-state index contributed by atoms with van der Waals surface area (Å²) in [6.07, 6.45) is 1.75. The molecule has 86 valence electrons. The lowest BCUT2D eigenvalue weighted by molar-refractivity contribution is 1.01. The van der Waals surface area contributed by atoms with E-state index in [1.165, 1.54) is 11.3 Å². The molecule has 6 heteroatoms. The Morgan fingerprint density at radius 3 is 3.06 bits per heavy atom. The number of aromatic nitrogens is 2. The summed E-state index contributed by atoms with van der Waals surface area (Å²) < 4.78 is 0. The molecule has 2 aromatic rings. The molecule has 2 aromatic heterocycles. The average Bonchev–Trinajstić information content (AvgIpc) is 2.69. The maximum absolute atomic E-state index is 8.76. The first-order chi connectivity index (χ1) is 8.20. The van der Waals surface area contributed by atoms with Gasteiger partial charge in [0.2, 0.25) is 0 Å². The molecule has 0 atom stereocenters. The molecule has 0 aliphatic heterocycles. The molecule has 0 radical (unpaired) electrons. The lowest BCUT2D eigenvalue weighted by Crippen LogP contribution is -2.02. The van der Waals surface area contributed by atoms with Crippen LogP contribution in [0.15, 0.2) is 18.3 Å². The molecule has 0 saturated heterocycles. The fourth-order valence-electron chi connectivity index (χ4n) is 1.31. The van der Waals surface area contributed by atoms with Gasteiger partial charge in [-0.1, -0.05) is 29.0 Å². The SMILES string of the molecule is Cc1cccnc1CNc1nc(Cl)c(C#N)s1. The second-order valence-corrected chi connectivity index (χ2v) is 4.73. The molecule has 0 fully saturated rings. The lowest BCUT2D eigenvalue weighted by atomic mass is 10.2. The molecule has 2 rings (SSSR count). The highest BCUT2D eigenvalue weighted by molar-refractivity contribution is 7.16. The van der Waals surface area contributed by atoms with Crippen molar-refractivity contribution < 1.29 is 0 Å². The smallest absolute Gasteiger partial charge is 0.185 e. The van der Waals surface area contributed by atoms with Crippen LogP contribution in [-0.2, 0) is 6.54 Å². The van der Waals surface area contributed by atoms with Gasteiger partial charge in [-0.05, 0) is 18.6 Å². The second-order valence-electron chi connectivity index (χ2n) is 3.37. The largest absolute Gasteiger partial charge is 0.356 e. The van der Waals surface area contributed by atoms with Crippen LogP contribution in [0.3, 0.4) is 0 Å².